The number of hydrogen-bond donors (Lipinski definition) is 0. The molecule has 0 N–H and O–H groups in total. The second-order valence-electron chi connectivity index (χ2n) is 5.66. The van der Waals surface area contributed by atoms with E-state index >= 15 is 0 Å². The number of aromatic nitrogens is 2. The summed E-state index contributed by atoms with van der Waals surface area (Å²) in [5.41, 5.74) is 2.00. The van der Waals surface area contributed by atoms with Crippen molar-refractivity contribution in [3.63, 3.8) is 0 Å². The van der Waals surface area contributed by atoms with E-state index in [2.05, 4.69) is 37.0 Å². The predicted molar refractivity (Wildman–Crippen MR) is 81.5 cm³/mol. The Bertz CT molecular complexity index is 521. The van der Waals surface area contributed by atoms with Crippen molar-refractivity contribution in [2.75, 3.05) is 0 Å². The molecule has 1 unspecified atom stereocenters. The molecule has 0 saturated heterocycles. The highest BCUT2D eigenvalue weighted by atomic mass is 16.5. The number of rotatable bonds is 7. The van der Waals surface area contributed by atoms with Crippen molar-refractivity contribution < 1.29 is 4.52 Å². The maximum atomic E-state index is 5.49. The van der Waals surface area contributed by atoms with Crippen LogP contribution in [0.2, 0.25) is 0 Å². The number of nitrogens with zero attached hydrogens (tertiary/aromatic N) is 2. The normalized spacial score (nSPS) is 14.2. The second-order valence-corrected chi connectivity index (χ2v) is 5.66. The summed E-state index contributed by atoms with van der Waals surface area (Å²) in [4.78, 5) is 4.31. The first kappa shape index (κ1) is 14.8. The molecule has 0 saturated carbocycles. The Balaban J connectivity index is 2.17. The van der Waals surface area contributed by atoms with Crippen LogP contribution in [0.15, 0.2) is 35.0 Å². The Morgan fingerprint density at radius 1 is 1.20 bits per heavy atom. The lowest BCUT2D eigenvalue weighted by molar-refractivity contribution is 0.348. The number of pyridine rings is 1. The van der Waals surface area contributed by atoms with Gasteiger partial charge in [-0.1, -0.05) is 51.3 Å². The van der Waals surface area contributed by atoms with Crippen molar-refractivity contribution in [3.8, 4) is 11.5 Å². The molecule has 0 aromatic carbocycles. The third-order valence-corrected chi connectivity index (χ3v) is 4.16. The van der Waals surface area contributed by atoms with Crippen molar-refractivity contribution in [2.45, 2.75) is 58.3 Å². The summed E-state index contributed by atoms with van der Waals surface area (Å²) in [6, 6.07) is 7.87. The van der Waals surface area contributed by atoms with Crippen LogP contribution in [0.3, 0.4) is 0 Å². The van der Waals surface area contributed by atoms with Crippen molar-refractivity contribution in [3.05, 3.63) is 36.2 Å². The van der Waals surface area contributed by atoms with E-state index in [0.29, 0.717) is 0 Å². The zero-order valence-corrected chi connectivity index (χ0v) is 12.7. The van der Waals surface area contributed by atoms with Crippen LogP contribution in [0.5, 0.6) is 0 Å². The van der Waals surface area contributed by atoms with Gasteiger partial charge in [0.05, 0.1) is 5.69 Å². The van der Waals surface area contributed by atoms with Gasteiger partial charge in [0, 0.05) is 17.7 Å². The van der Waals surface area contributed by atoms with E-state index in [9.17, 15) is 0 Å². The fourth-order valence-electron chi connectivity index (χ4n) is 2.44. The molecule has 0 aliphatic rings. The Morgan fingerprint density at radius 2 is 2.05 bits per heavy atom. The Hall–Kier alpha value is -1.64. The van der Waals surface area contributed by atoms with Crippen LogP contribution in [0.1, 0.15) is 58.6 Å². The Kier molecular flexibility index (Phi) is 4.94. The molecular formula is C17H24N2O. The lowest BCUT2D eigenvalue weighted by Crippen LogP contribution is -2.21. The molecular weight excluding hydrogens is 248 g/mol. The lowest BCUT2D eigenvalue weighted by Gasteiger charge is -2.25. The fraction of sp³-hybridized carbons (Fsp3) is 0.529. The first-order valence-corrected chi connectivity index (χ1v) is 7.58. The van der Waals surface area contributed by atoms with Crippen molar-refractivity contribution in [1.29, 1.82) is 0 Å². The van der Waals surface area contributed by atoms with Gasteiger partial charge in [-0.05, 0) is 25.0 Å². The van der Waals surface area contributed by atoms with Gasteiger partial charge in [0.25, 0.3) is 0 Å². The molecule has 2 rings (SSSR count). The number of unbranched alkanes of at least 4 members (excludes halogenated alkanes) is 2. The molecule has 1 atom stereocenters. The highest BCUT2D eigenvalue weighted by molar-refractivity contribution is 5.52. The Labute approximate surface area is 121 Å². The molecule has 2 aromatic heterocycles. The first-order valence-electron chi connectivity index (χ1n) is 7.58. The van der Waals surface area contributed by atoms with Crippen LogP contribution in [-0.4, -0.2) is 10.1 Å². The highest BCUT2D eigenvalue weighted by Gasteiger charge is 2.28. The van der Waals surface area contributed by atoms with Gasteiger partial charge in [0.2, 0.25) is 0 Å². The van der Waals surface area contributed by atoms with E-state index in [1.807, 2.05) is 18.2 Å². The quantitative estimate of drug-likeness (QED) is 0.667. The summed E-state index contributed by atoms with van der Waals surface area (Å²) in [5.74, 6) is 0.760. The van der Waals surface area contributed by atoms with Crippen LogP contribution in [-0.2, 0) is 5.41 Å². The van der Waals surface area contributed by atoms with Gasteiger partial charge in [0.1, 0.15) is 5.69 Å². The third kappa shape index (κ3) is 3.27. The van der Waals surface area contributed by atoms with Crippen LogP contribution < -0.4 is 0 Å². The van der Waals surface area contributed by atoms with E-state index in [4.69, 9.17) is 4.52 Å². The Morgan fingerprint density at radius 3 is 2.70 bits per heavy atom. The van der Waals surface area contributed by atoms with E-state index in [1.54, 1.807) is 6.20 Å². The SMILES string of the molecule is CCCCCC(C)(CC)c1cc(-c2ccccn2)on1. The summed E-state index contributed by atoms with van der Waals surface area (Å²) < 4.78 is 5.49. The first-order chi connectivity index (χ1) is 9.69. The van der Waals surface area contributed by atoms with Gasteiger partial charge >= 0.3 is 0 Å². The summed E-state index contributed by atoms with van der Waals surface area (Å²) in [7, 11) is 0. The molecule has 0 fully saturated rings. The average molecular weight is 272 g/mol. The summed E-state index contributed by atoms with van der Waals surface area (Å²) in [5, 5.41) is 4.30. The van der Waals surface area contributed by atoms with E-state index < -0.39 is 0 Å². The molecule has 0 spiro atoms. The standard InChI is InChI=1S/C17H24N2O/c1-4-6-8-11-17(3,5-2)16-13-15(20-19-16)14-10-7-9-12-18-14/h7,9-10,12-13H,4-6,8,11H2,1-3H3. The van der Waals surface area contributed by atoms with Crippen molar-refractivity contribution in [1.82, 2.24) is 10.1 Å². The van der Waals surface area contributed by atoms with Gasteiger partial charge < -0.3 is 4.52 Å². The molecule has 0 amide bonds. The average Bonchev–Trinajstić information content (AvgIpc) is 2.99. The van der Waals surface area contributed by atoms with Gasteiger partial charge in [-0.15, -0.1) is 0 Å². The highest BCUT2D eigenvalue weighted by Crippen LogP contribution is 2.34. The fourth-order valence-corrected chi connectivity index (χ4v) is 2.44. The summed E-state index contributed by atoms with van der Waals surface area (Å²) in [6.07, 6.45) is 7.78. The van der Waals surface area contributed by atoms with E-state index in [0.717, 1.165) is 30.0 Å². The van der Waals surface area contributed by atoms with Crippen LogP contribution in [0.4, 0.5) is 0 Å². The summed E-state index contributed by atoms with van der Waals surface area (Å²) >= 11 is 0. The lowest BCUT2D eigenvalue weighted by atomic mass is 9.79. The molecule has 20 heavy (non-hydrogen) atoms. The molecule has 108 valence electrons. The van der Waals surface area contributed by atoms with Gasteiger partial charge in [-0.2, -0.15) is 0 Å². The largest absolute Gasteiger partial charge is 0.354 e. The molecule has 2 heterocycles. The predicted octanol–water partition coefficient (Wildman–Crippen LogP) is 4.98. The van der Waals surface area contributed by atoms with Crippen molar-refractivity contribution in [2.24, 2.45) is 0 Å². The maximum Gasteiger partial charge on any atom is 0.185 e. The topological polar surface area (TPSA) is 38.9 Å². The van der Waals surface area contributed by atoms with Gasteiger partial charge in [-0.25, -0.2) is 0 Å². The molecule has 3 nitrogen and oxygen atoms in total. The zero-order chi connectivity index (χ0) is 14.4. The molecule has 3 heteroatoms. The molecule has 0 bridgehead atoms. The second kappa shape index (κ2) is 6.69. The minimum atomic E-state index is 0.103. The minimum Gasteiger partial charge on any atom is -0.354 e. The molecule has 0 aliphatic heterocycles. The van der Waals surface area contributed by atoms with Gasteiger partial charge in [0.15, 0.2) is 5.76 Å². The van der Waals surface area contributed by atoms with Crippen molar-refractivity contribution >= 4 is 0 Å². The molecule has 0 radical (unpaired) electrons. The van der Waals surface area contributed by atoms with Gasteiger partial charge in [-0.3, -0.25) is 4.98 Å². The smallest absolute Gasteiger partial charge is 0.185 e. The molecule has 2 aromatic rings. The van der Waals surface area contributed by atoms with E-state index in [-0.39, 0.29) is 5.41 Å². The van der Waals surface area contributed by atoms with Crippen LogP contribution in [0, 0.1) is 0 Å². The van der Waals surface area contributed by atoms with Crippen LogP contribution >= 0.6 is 0 Å². The maximum absolute atomic E-state index is 5.49. The molecule has 0 aliphatic carbocycles. The third-order valence-electron chi connectivity index (χ3n) is 4.16. The number of hydrogen-bond acceptors (Lipinski definition) is 3. The van der Waals surface area contributed by atoms with E-state index in [1.165, 1.54) is 19.3 Å². The van der Waals surface area contributed by atoms with Crippen LogP contribution in [0.25, 0.3) is 11.5 Å². The summed E-state index contributed by atoms with van der Waals surface area (Å²) in [6.45, 7) is 6.74. The zero-order valence-electron chi connectivity index (χ0n) is 12.7. The monoisotopic (exact) mass is 272 g/mol. The minimum absolute atomic E-state index is 0.103.